The Kier molecular flexibility index (Phi) is 14.0. The lowest BCUT2D eigenvalue weighted by atomic mass is 10.0. The number of likely N-dealkylation sites (tertiary alicyclic amines) is 1. The number of carbonyl (C=O) groups excluding carboxylic acids is 6. The average Bonchev–Trinajstić information content (AvgIpc) is 3.57. The number of fused-ring (bicyclic) bond motifs is 1. The molecular formula is C42H52N6O7. The van der Waals surface area contributed by atoms with Crippen LogP contribution in [0.15, 0.2) is 78.9 Å². The zero-order valence-corrected chi connectivity index (χ0v) is 32.1. The molecular weight excluding hydrogens is 700 g/mol. The van der Waals surface area contributed by atoms with Crippen LogP contribution in [0.1, 0.15) is 66.6 Å². The van der Waals surface area contributed by atoms with Crippen molar-refractivity contribution in [3.05, 3.63) is 101 Å². The lowest BCUT2D eigenvalue weighted by Crippen LogP contribution is -2.54. The van der Waals surface area contributed by atoms with Gasteiger partial charge in [-0.2, -0.15) is 0 Å². The number of carbonyl (C=O) groups is 6. The number of ether oxygens (including phenoxy) is 1. The van der Waals surface area contributed by atoms with Gasteiger partial charge in [-0.1, -0.05) is 80.6 Å². The topological polar surface area (TPSA) is 157 Å². The summed E-state index contributed by atoms with van der Waals surface area (Å²) in [6.45, 7) is 4.92. The van der Waals surface area contributed by atoms with Crippen molar-refractivity contribution in [2.24, 2.45) is 5.92 Å². The second kappa shape index (κ2) is 19.0. The molecule has 13 nitrogen and oxygen atoms in total. The molecule has 5 rings (SSSR count). The summed E-state index contributed by atoms with van der Waals surface area (Å²) in [4.78, 5) is 85.7. The highest BCUT2D eigenvalue weighted by atomic mass is 16.5. The van der Waals surface area contributed by atoms with Gasteiger partial charge in [0.1, 0.15) is 24.4 Å². The van der Waals surface area contributed by atoms with E-state index in [2.05, 4.69) is 16.0 Å². The first kappa shape index (κ1) is 40.5. The maximum Gasteiger partial charge on any atom is 0.255 e. The van der Waals surface area contributed by atoms with Crippen LogP contribution in [-0.4, -0.2) is 102 Å². The third kappa shape index (κ3) is 11.4. The van der Waals surface area contributed by atoms with Crippen molar-refractivity contribution in [1.82, 2.24) is 30.7 Å². The minimum absolute atomic E-state index is 0.00862. The second-order valence-electron chi connectivity index (χ2n) is 14.8. The molecule has 0 unspecified atom stereocenters. The summed E-state index contributed by atoms with van der Waals surface area (Å²) in [6.07, 6.45) is 1.68. The highest BCUT2D eigenvalue weighted by molar-refractivity contribution is 6.01. The van der Waals surface area contributed by atoms with E-state index in [-0.39, 0.29) is 42.8 Å². The first-order valence-electron chi connectivity index (χ1n) is 18.9. The minimum atomic E-state index is -1.31. The van der Waals surface area contributed by atoms with Crippen molar-refractivity contribution in [1.29, 1.82) is 0 Å². The van der Waals surface area contributed by atoms with Crippen LogP contribution >= 0.6 is 0 Å². The molecule has 55 heavy (non-hydrogen) atoms. The van der Waals surface area contributed by atoms with Crippen LogP contribution in [0.25, 0.3) is 0 Å². The summed E-state index contributed by atoms with van der Waals surface area (Å²) >= 11 is 0. The Labute approximate surface area is 322 Å². The third-order valence-electron chi connectivity index (χ3n) is 9.86. The number of rotatable bonds is 9. The molecule has 2 aliphatic heterocycles. The van der Waals surface area contributed by atoms with Crippen molar-refractivity contribution in [3.8, 4) is 5.75 Å². The molecule has 292 valence electrons. The summed E-state index contributed by atoms with van der Waals surface area (Å²) < 4.78 is 6.17. The molecule has 2 aliphatic rings. The van der Waals surface area contributed by atoms with Gasteiger partial charge in [-0.25, -0.2) is 0 Å². The summed E-state index contributed by atoms with van der Waals surface area (Å²) in [7, 11) is 3.02. The Hall–Kier alpha value is -5.72. The van der Waals surface area contributed by atoms with Crippen LogP contribution in [-0.2, 0) is 43.5 Å². The van der Waals surface area contributed by atoms with Gasteiger partial charge in [0, 0.05) is 40.2 Å². The quantitative estimate of drug-likeness (QED) is 0.303. The van der Waals surface area contributed by atoms with E-state index in [0.717, 1.165) is 23.1 Å². The highest BCUT2D eigenvalue weighted by Gasteiger charge is 2.34. The molecule has 3 aromatic rings. The van der Waals surface area contributed by atoms with Crippen LogP contribution in [0.4, 0.5) is 0 Å². The molecule has 3 atom stereocenters. The smallest absolute Gasteiger partial charge is 0.255 e. The van der Waals surface area contributed by atoms with Gasteiger partial charge in [-0.15, -0.1) is 0 Å². The molecule has 0 radical (unpaired) electrons. The summed E-state index contributed by atoms with van der Waals surface area (Å²) in [5, 5.41) is 8.63. The fourth-order valence-electron chi connectivity index (χ4n) is 6.89. The fourth-order valence-corrected chi connectivity index (χ4v) is 6.89. The average molecular weight is 753 g/mol. The zero-order valence-electron chi connectivity index (χ0n) is 32.1. The largest absolute Gasteiger partial charge is 0.491 e. The van der Waals surface area contributed by atoms with E-state index in [1.54, 1.807) is 24.3 Å². The highest BCUT2D eigenvalue weighted by Crippen LogP contribution is 2.21. The van der Waals surface area contributed by atoms with Gasteiger partial charge in [-0.05, 0) is 54.0 Å². The standard InChI is InChI=1S/C42H52N6O7/c1-28(2)20-35-42(54)46(3)26-37(49)44-32(22-29-12-6-5-7-13-29)27-55-36-17-9-8-16-33(36)40(52)45-34(23-39(51)47(35)4)41(53)43-24-30-14-10-15-31(21-30)25-48-19-11-18-38(48)50/h5-10,12-17,21,28,32,34-35H,11,18-20,22-27H2,1-4H3,(H,43,53)(H,44,49)(H,45,52)/t32-,34+,35+/m1/s1. The summed E-state index contributed by atoms with van der Waals surface area (Å²) in [5.41, 5.74) is 2.82. The lowest BCUT2D eigenvalue weighted by Gasteiger charge is -2.32. The van der Waals surface area contributed by atoms with Crippen molar-refractivity contribution in [2.45, 2.75) is 77.2 Å². The van der Waals surface area contributed by atoms with E-state index in [1.807, 2.05) is 73.3 Å². The van der Waals surface area contributed by atoms with Crippen molar-refractivity contribution < 1.29 is 33.5 Å². The monoisotopic (exact) mass is 752 g/mol. The van der Waals surface area contributed by atoms with E-state index in [4.69, 9.17) is 4.74 Å². The SMILES string of the molecule is CC(C)C[C@H]1C(=O)N(C)CC(=O)N[C@H](Cc2ccccc2)COc2ccccc2C(=O)N[C@H](C(=O)NCc2cccc(CN3CCCC3=O)c2)CC(=O)N1C. The number of hydrogen-bond acceptors (Lipinski definition) is 7. The van der Waals surface area contributed by atoms with Crippen molar-refractivity contribution >= 4 is 35.4 Å². The fraction of sp³-hybridized carbons (Fsp3) is 0.429. The van der Waals surface area contributed by atoms with Crippen LogP contribution < -0.4 is 20.7 Å². The normalized spacial score (nSPS) is 20.4. The first-order chi connectivity index (χ1) is 26.4. The van der Waals surface area contributed by atoms with Gasteiger partial charge in [0.15, 0.2) is 0 Å². The maximum atomic E-state index is 14.0. The third-order valence-corrected chi connectivity index (χ3v) is 9.86. The molecule has 1 saturated heterocycles. The van der Waals surface area contributed by atoms with E-state index < -0.39 is 54.1 Å². The molecule has 3 aromatic carbocycles. The van der Waals surface area contributed by atoms with Gasteiger partial charge < -0.3 is 35.4 Å². The molecule has 0 spiro atoms. The summed E-state index contributed by atoms with van der Waals surface area (Å²) in [5.74, 6) is -2.22. The van der Waals surface area contributed by atoms with E-state index in [0.29, 0.717) is 32.4 Å². The van der Waals surface area contributed by atoms with E-state index in [9.17, 15) is 28.8 Å². The number of likely N-dealkylation sites (N-methyl/N-ethyl adjacent to an activating group) is 2. The number of amides is 6. The predicted octanol–water partition coefficient (Wildman–Crippen LogP) is 3.07. The number of para-hydroxylation sites is 1. The van der Waals surface area contributed by atoms with Gasteiger partial charge in [0.05, 0.1) is 24.6 Å². The molecule has 6 amide bonds. The van der Waals surface area contributed by atoms with Crippen molar-refractivity contribution in [2.75, 3.05) is 33.8 Å². The van der Waals surface area contributed by atoms with E-state index >= 15 is 0 Å². The summed E-state index contributed by atoms with van der Waals surface area (Å²) in [6, 6.07) is 21.0. The first-order valence-corrected chi connectivity index (χ1v) is 18.9. The Morgan fingerprint density at radius 2 is 1.58 bits per heavy atom. The lowest BCUT2D eigenvalue weighted by molar-refractivity contribution is -0.146. The van der Waals surface area contributed by atoms with Gasteiger partial charge >= 0.3 is 0 Å². The second-order valence-corrected chi connectivity index (χ2v) is 14.8. The molecule has 0 bridgehead atoms. The van der Waals surface area contributed by atoms with Crippen LogP contribution in [0.3, 0.4) is 0 Å². The van der Waals surface area contributed by atoms with Crippen LogP contribution in [0.5, 0.6) is 5.75 Å². The molecule has 0 aliphatic carbocycles. The Balaban J connectivity index is 1.42. The molecule has 2 heterocycles. The van der Waals surface area contributed by atoms with Gasteiger partial charge in [0.25, 0.3) is 5.91 Å². The molecule has 1 fully saturated rings. The predicted molar refractivity (Wildman–Crippen MR) is 206 cm³/mol. The number of nitrogens with one attached hydrogen (secondary N) is 3. The Morgan fingerprint density at radius 1 is 0.873 bits per heavy atom. The number of nitrogens with zero attached hydrogens (tertiary/aromatic N) is 3. The number of benzene rings is 3. The molecule has 0 saturated carbocycles. The van der Waals surface area contributed by atoms with Crippen molar-refractivity contribution in [3.63, 3.8) is 0 Å². The van der Waals surface area contributed by atoms with Gasteiger partial charge in [0.2, 0.25) is 29.5 Å². The molecule has 3 N–H and O–H groups in total. The van der Waals surface area contributed by atoms with Crippen LogP contribution in [0.2, 0.25) is 0 Å². The minimum Gasteiger partial charge on any atom is -0.491 e. The maximum absolute atomic E-state index is 14.0. The van der Waals surface area contributed by atoms with Gasteiger partial charge in [-0.3, -0.25) is 28.8 Å². The molecule has 0 aromatic heterocycles. The Bertz CT molecular complexity index is 1850. The van der Waals surface area contributed by atoms with E-state index in [1.165, 1.54) is 23.9 Å². The Morgan fingerprint density at radius 3 is 2.31 bits per heavy atom. The number of hydrogen-bond donors (Lipinski definition) is 3. The van der Waals surface area contributed by atoms with Crippen LogP contribution in [0, 0.1) is 5.92 Å². The zero-order chi connectivity index (χ0) is 39.5. The molecule has 13 heteroatoms.